The van der Waals surface area contributed by atoms with E-state index in [1.54, 1.807) is 12.1 Å². The number of ether oxygens (including phenoxy) is 1. The monoisotopic (exact) mass is 356 g/mol. The summed E-state index contributed by atoms with van der Waals surface area (Å²) in [6.45, 7) is 0.930. The third-order valence-corrected chi connectivity index (χ3v) is 4.86. The maximum atomic E-state index is 12.2. The minimum Gasteiger partial charge on any atom is -0.479 e. The molecule has 1 aromatic carbocycles. The summed E-state index contributed by atoms with van der Waals surface area (Å²) in [6, 6.07) is 7.41. The first-order valence-corrected chi connectivity index (χ1v) is 8.83. The highest BCUT2D eigenvalue weighted by molar-refractivity contribution is 5.95. The van der Waals surface area contributed by atoms with Crippen molar-refractivity contribution < 1.29 is 19.4 Å². The van der Waals surface area contributed by atoms with Crippen LogP contribution in [0.2, 0.25) is 0 Å². The van der Waals surface area contributed by atoms with E-state index in [0.29, 0.717) is 18.5 Å². The molecule has 2 atom stereocenters. The van der Waals surface area contributed by atoms with Crippen LogP contribution >= 0.6 is 0 Å². The quantitative estimate of drug-likeness (QED) is 0.866. The van der Waals surface area contributed by atoms with Crippen molar-refractivity contribution in [1.82, 2.24) is 14.8 Å². The smallest absolute Gasteiger partial charge is 0.332 e. The van der Waals surface area contributed by atoms with Crippen LogP contribution in [0.25, 0.3) is 11.4 Å². The molecule has 0 unspecified atom stereocenters. The summed E-state index contributed by atoms with van der Waals surface area (Å²) in [4.78, 5) is 23.1. The molecule has 0 radical (unpaired) electrons. The van der Waals surface area contributed by atoms with Gasteiger partial charge < -0.3 is 19.7 Å². The molecule has 0 aliphatic carbocycles. The Morgan fingerprint density at radius 2 is 1.88 bits per heavy atom. The van der Waals surface area contributed by atoms with E-state index >= 15 is 0 Å². The Bertz CT molecular complexity index is 830. The van der Waals surface area contributed by atoms with Crippen LogP contribution in [0.5, 0.6) is 0 Å². The average Bonchev–Trinajstić information content (AvgIpc) is 3.30. The Morgan fingerprint density at radius 1 is 1.12 bits per heavy atom. The maximum absolute atomic E-state index is 12.2. The number of fused-ring (bicyclic) bond motifs is 1. The zero-order valence-electron chi connectivity index (χ0n) is 14.2. The molecule has 1 amide bonds. The van der Waals surface area contributed by atoms with E-state index in [1.807, 2.05) is 12.1 Å². The molecule has 2 N–H and O–H groups in total. The fraction of sp³-hybridized carbons (Fsp3) is 0.444. The molecule has 3 heterocycles. The molecule has 1 fully saturated rings. The molecule has 0 saturated carbocycles. The van der Waals surface area contributed by atoms with Gasteiger partial charge in [-0.2, -0.15) is 0 Å². The van der Waals surface area contributed by atoms with Crippen molar-refractivity contribution in [3.8, 4) is 11.4 Å². The predicted molar refractivity (Wildman–Crippen MR) is 92.6 cm³/mol. The molecular formula is C18H20N4O4. The molecule has 2 aliphatic rings. The zero-order chi connectivity index (χ0) is 18.1. The third-order valence-electron chi connectivity index (χ3n) is 4.86. The fourth-order valence-electron chi connectivity index (χ4n) is 3.46. The minimum atomic E-state index is -1.03. The normalized spacial score (nSPS) is 22.0. The van der Waals surface area contributed by atoms with Crippen molar-refractivity contribution in [2.24, 2.45) is 0 Å². The molecule has 2 aromatic rings. The van der Waals surface area contributed by atoms with E-state index in [4.69, 9.17) is 9.84 Å². The van der Waals surface area contributed by atoms with Crippen molar-refractivity contribution >= 4 is 17.6 Å². The SMILES string of the molecule is O=C(Nc1ccc(-c2nnc3n2CCCC3)cc1)[C@@H]1CC[C@H](C(=O)O)O1. The van der Waals surface area contributed by atoms with Gasteiger partial charge in [0.1, 0.15) is 11.9 Å². The number of nitrogens with zero attached hydrogens (tertiary/aromatic N) is 3. The first-order valence-electron chi connectivity index (χ1n) is 8.83. The van der Waals surface area contributed by atoms with Gasteiger partial charge in [0.2, 0.25) is 0 Å². The summed E-state index contributed by atoms with van der Waals surface area (Å²) in [7, 11) is 0. The van der Waals surface area contributed by atoms with Gasteiger partial charge in [-0.1, -0.05) is 0 Å². The Morgan fingerprint density at radius 3 is 2.62 bits per heavy atom. The molecule has 1 aromatic heterocycles. The Hall–Kier alpha value is -2.74. The average molecular weight is 356 g/mol. The van der Waals surface area contributed by atoms with Crippen LogP contribution in [0.15, 0.2) is 24.3 Å². The number of hydrogen-bond donors (Lipinski definition) is 2. The minimum absolute atomic E-state index is 0.318. The van der Waals surface area contributed by atoms with E-state index in [-0.39, 0.29) is 5.91 Å². The lowest BCUT2D eigenvalue weighted by molar-refractivity contribution is -0.150. The highest BCUT2D eigenvalue weighted by Gasteiger charge is 2.34. The fourth-order valence-corrected chi connectivity index (χ4v) is 3.46. The maximum Gasteiger partial charge on any atom is 0.332 e. The molecular weight excluding hydrogens is 336 g/mol. The van der Waals surface area contributed by atoms with Crippen LogP contribution in [0.1, 0.15) is 31.5 Å². The lowest BCUT2D eigenvalue weighted by Crippen LogP contribution is -2.29. The number of amides is 1. The van der Waals surface area contributed by atoms with Gasteiger partial charge in [-0.25, -0.2) is 4.79 Å². The number of carboxylic acid groups (broad SMARTS) is 1. The predicted octanol–water partition coefficient (Wildman–Crippen LogP) is 1.85. The summed E-state index contributed by atoms with van der Waals surface area (Å²) >= 11 is 0. The third kappa shape index (κ3) is 3.20. The lowest BCUT2D eigenvalue weighted by Gasteiger charge is -2.15. The molecule has 8 heteroatoms. The van der Waals surface area contributed by atoms with Crippen molar-refractivity contribution in [2.75, 3.05) is 5.32 Å². The zero-order valence-corrected chi connectivity index (χ0v) is 14.2. The van der Waals surface area contributed by atoms with Gasteiger partial charge >= 0.3 is 5.97 Å². The van der Waals surface area contributed by atoms with Crippen molar-refractivity contribution in [1.29, 1.82) is 0 Å². The van der Waals surface area contributed by atoms with Gasteiger partial charge in [0.25, 0.3) is 5.91 Å². The van der Waals surface area contributed by atoms with Gasteiger partial charge in [-0.15, -0.1) is 10.2 Å². The van der Waals surface area contributed by atoms with Gasteiger partial charge in [0, 0.05) is 24.2 Å². The molecule has 1 saturated heterocycles. The molecule has 8 nitrogen and oxygen atoms in total. The Balaban J connectivity index is 1.43. The number of aromatic nitrogens is 3. The second kappa shape index (κ2) is 6.87. The highest BCUT2D eigenvalue weighted by Crippen LogP contribution is 2.25. The summed E-state index contributed by atoms with van der Waals surface area (Å²) in [5.74, 6) is 0.527. The van der Waals surface area contributed by atoms with Crippen LogP contribution < -0.4 is 5.32 Å². The Kier molecular flexibility index (Phi) is 4.42. The topological polar surface area (TPSA) is 106 Å². The second-order valence-corrected chi connectivity index (χ2v) is 6.64. The van der Waals surface area contributed by atoms with E-state index in [0.717, 1.165) is 43.0 Å². The van der Waals surface area contributed by atoms with Crippen LogP contribution in [0.4, 0.5) is 5.69 Å². The first-order chi connectivity index (χ1) is 12.6. The van der Waals surface area contributed by atoms with Crippen LogP contribution in [0, 0.1) is 0 Å². The molecule has 0 bridgehead atoms. The van der Waals surface area contributed by atoms with Crippen molar-refractivity contribution in [3.05, 3.63) is 30.1 Å². The van der Waals surface area contributed by atoms with Gasteiger partial charge in [0.15, 0.2) is 11.9 Å². The van der Waals surface area contributed by atoms with Gasteiger partial charge in [0.05, 0.1) is 0 Å². The van der Waals surface area contributed by atoms with Crippen molar-refractivity contribution in [3.63, 3.8) is 0 Å². The highest BCUT2D eigenvalue weighted by atomic mass is 16.5. The molecule has 136 valence electrons. The molecule has 4 rings (SSSR count). The molecule has 2 aliphatic heterocycles. The van der Waals surface area contributed by atoms with E-state index in [2.05, 4.69) is 20.1 Å². The number of nitrogens with one attached hydrogen (secondary N) is 1. The number of hydrogen-bond acceptors (Lipinski definition) is 5. The first kappa shape index (κ1) is 16.7. The number of rotatable bonds is 4. The summed E-state index contributed by atoms with van der Waals surface area (Å²) < 4.78 is 7.42. The molecule has 0 spiro atoms. The number of carbonyl (C=O) groups is 2. The molecule has 26 heavy (non-hydrogen) atoms. The summed E-state index contributed by atoms with van der Waals surface area (Å²) in [6.07, 6.45) is 2.38. The number of aryl methyl sites for hydroxylation is 1. The van der Waals surface area contributed by atoms with Crippen LogP contribution in [-0.2, 0) is 27.3 Å². The Labute approximate surface area is 150 Å². The van der Waals surface area contributed by atoms with Crippen molar-refractivity contribution in [2.45, 2.75) is 50.9 Å². The number of anilines is 1. The summed E-state index contributed by atoms with van der Waals surface area (Å²) in [5, 5.41) is 20.3. The number of benzene rings is 1. The lowest BCUT2D eigenvalue weighted by atomic mass is 10.1. The van der Waals surface area contributed by atoms with E-state index < -0.39 is 18.2 Å². The van der Waals surface area contributed by atoms with Crippen LogP contribution in [0.3, 0.4) is 0 Å². The van der Waals surface area contributed by atoms with Gasteiger partial charge in [-0.05, 0) is 49.9 Å². The van der Waals surface area contributed by atoms with Gasteiger partial charge in [-0.3, -0.25) is 4.79 Å². The standard InChI is InChI=1S/C18H20N4O4/c23-17(13-8-9-14(26-13)18(24)25)19-12-6-4-11(5-7-12)16-21-20-15-3-1-2-10-22(15)16/h4-7,13-14H,1-3,8-10H2,(H,19,23)(H,24,25)/t13-,14+/m0/s1. The number of carboxylic acids is 1. The largest absolute Gasteiger partial charge is 0.479 e. The number of carbonyl (C=O) groups excluding carboxylic acids is 1. The van der Waals surface area contributed by atoms with E-state index in [9.17, 15) is 9.59 Å². The number of aliphatic carboxylic acids is 1. The van der Waals surface area contributed by atoms with Crippen LogP contribution in [-0.4, -0.2) is 44.0 Å². The van der Waals surface area contributed by atoms with E-state index in [1.165, 1.54) is 0 Å². The second-order valence-electron chi connectivity index (χ2n) is 6.64. The summed E-state index contributed by atoms with van der Waals surface area (Å²) in [5.41, 5.74) is 1.59.